The van der Waals surface area contributed by atoms with Crippen molar-refractivity contribution in [2.75, 3.05) is 13.2 Å². The molecule has 0 unspecified atom stereocenters. The molecule has 0 spiro atoms. The molecule has 0 radical (unpaired) electrons. The molecule has 1 amide bonds. The zero-order valence-electron chi connectivity index (χ0n) is 11.6. The van der Waals surface area contributed by atoms with Gasteiger partial charge in [-0.3, -0.25) is 4.79 Å². The summed E-state index contributed by atoms with van der Waals surface area (Å²) in [5.41, 5.74) is 1.04. The number of hydrogen-bond donors (Lipinski definition) is 2. The van der Waals surface area contributed by atoms with Crippen molar-refractivity contribution in [2.45, 2.75) is 33.4 Å². The monoisotopic (exact) mass is 328 g/mol. The van der Waals surface area contributed by atoms with Gasteiger partial charge in [-0.1, -0.05) is 19.1 Å². The summed E-state index contributed by atoms with van der Waals surface area (Å²) in [6.07, 6.45) is 0. The van der Waals surface area contributed by atoms with Crippen LogP contribution in [0.4, 0.5) is 0 Å². The number of carbonyl (C=O) groups is 1. The molecule has 0 bridgehead atoms. The van der Waals surface area contributed by atoms with Gasteiger partial charge in [0.05, 0.1) is 4.47 Å². The number of nitrogens with one attached hydrogen (secondary N) is 2. The summed E-state index contributed by atoms with van der Waals surface area (Å²) in [5, 5.41) is 6.05. The molecule has 1 rings (SSSR count). The van der Waals surface area contributed by atoms with E-state index >= 15 is 0 Å². The molecule has 1 aromatic carbocycles. The third kappa shape index (κ3) is 5.61. The molecule has 2 N–H and O–H groups in total. The molecular weight excluding hydrogens is 308 g/mol. The third-order valence-electron chi connectivity index (χ3n) is 2.41. The van der Waals surface area contributed by atoms with Gasteiger partial charge in [-0.15, -0.1) is 0 Å². The van der Waals surface area contributed by atoms with Crippen molar-refractivity contribution in [2.24, 2.45) is 0 Å². The van der Waals surface area contributed by atoms with Crippen LogP contribution in [0, 0.1) is 0 Å². The molecular formula is C14H21BrN2O2. The quantitative estimate of drug-likeness (QED) is 0.808. The van der Waals surface area contributed by atoms with Gasteiger partial charge in [-0.2, -0.15) is 0 Å². The summed E-state index contributed by atoms with van der Waals surface area (Å²) in [6.45, 7) is 7.53. The normalized spacial score (nSPS) is 10.6. The first kappa shape index (κ1) is 16.0. The summed E-state index contributed by atoms with van der Waals surface area (Å²) in [4.78, 5) is 11.6. The Morgan fingerprint density at radius 1 is 1.42 bits per heavy atom. The number of halogens is 1. The molecule has 0 saturated heterocycles. The zero-order valence-corrected chi connectivity index (χ0v) is 13.2. The van der Waals surface area contributed by atoms with Gasteiger partial charge < -0.3 is 15.4 Å². The van der Waals surface area contributed by atoms with Gasteiger partial charge in [-0.25, -0.2) is 0 Å². The van der Waals surface area contributed by atoms with Crippen LogP contribution >= 0.6 is 15.9 Å². The molecule has 0 aromatic heterocycles. The lowest BCUT2D eigenvalue weighted by molar-refractivity contribution is -0.123. The van der Waals surface area contributed by atoms with Gasteiger partial charge >= 0.3 is 0 Å². The maximum Gasteiger partial charge on any atom is 0.258 e. The van der Waals surface area contributed by atoms with Crippen LogP contribution in [0.15, 0.2) is 22.7 Å². The van der Waals surface area contributed by atoms with Gasteiger partial charge in [0.25, 0.3) is 5.91 Å². The number of rotatable bonds is 7. The number of para-hydroxylation sites is 1. The second kappa shape index (κ2) is 8.17. The maximum atomic E-state index is 11.6. The molecule has 106 valence electrons. The fraction of sp³-hybridized carbons (Fsp3) is 0.500. The van der Waals surface area contributed by atoms with Gasteiger partial charge in [0.15, 0.2) is 6.61 Å². The SMILES string of the molecule is CCNCc1cccc(Br)c1OCC(=O)NC(C)C. The summed E-state index contributed by atoms with van der Waals surface area (Å²) in [7, 11) is 0. The lowest BCUT2D eigenvalue weighted by Gasteiger charge is -2.14. The first-order valence-corrected chi connectivity index (χ1v) is 7.24. The van der Waals surface area contributed by atoms with Gasteiger partial charge in [0.2, 0.25) is 0 Å². The predicted octanol–water partition coefficient (Wildman–Crippen LogP) is 2.46. The summed E-state index contributed by atoms with van der Waals surface area (Å²) >= 11 is 3.46. The average molecular weight is 329 g/mol. The first-order chi connectivity index (χ1) is 9.04. The highest BCUT2D eigenvalue weighted by Crippen LogP contribution is 2.29. The molecule has 0 saturated carbocycles. The Balaban J connectivity index is 2.68. The van der Waals surface area contributed by atoms with Crippen LogP contribution < -0.4 is 15.4 Å². The Morgan fingerprint density at radius 2 is 2.16 bits per heavy atom. The Kier molecular flexibility index (Phi) is 6.87. The third-order valence-corrected chi connectivity index (χ3v) is 3.04. The van der Waals surface area contributed by atoms with E-state index in [1.54, 1.807) is 0 Å². The largest absolute Gasteiger partial charge is 0.482 e. The highest BCUT2D eigenvalue weighted by atomic mass is 79.9. The molecule has 0 heterocycles. The number of ether oxygens (including phenoxy) is 1. The van der Waals surface area contributed by atoms with Crippen LogP contribution in [0.2, 0.25) is 0 Å². The van der Waals surface area contributed by atoms with Crippen molar-refractivity contribution >= 4 is 21.8 Å². The number of benzene rings is 1. The second-order valence-electron chi connectivity index (χ2n) is 4.52. The van der Waals surface area contributed by atoms with Crippen molar-refractivity contribution in [1.82, 2.24) is 10.6 Å². The second-order valence-corrected chi connectivity index (χ2v) is 5.37. The maximum absolute atomic E-state index is 11.6. The van der Waals surface area contributed by atoms with Crippen LogP contribution in [-0.2, 0) is 11.3 Å². The lowest BCUT2D eigenvalue weighted by Crippen LogP contribution is -2.34. The smallest absolute Gasteiger partial charge is 0.258 e. The van der Waals surface area contributed by atoms with E-state index in [9.17, 15) is 4.79 Å². The van der Waals surface area contributed by atoms with Crippen molar-refractivity contribution in [3.8, 4) is 5.75 Å². The number of hydrogen-bond acceptors (Lipinski definition) is 3. The highest BCUT2D eigenvalue weighted by Gasteiger charge is 2.10. The highest BCUT2D eigenvalue weighted by molar-refractivity contribution is 9.10. The topological polar surface area (TPSA) is 50.4 Å². The van der Waals surface area contributed by atoms with E-state index in [0.717, 1.165) is 28.9 Å². The molecule has 5 heteroatoms. The Morgan fingerprint density at radius 3 is 2.79 bits per heavy atom. The van der Waals surface area contributed by atoms with Gasteiger partial charge in [-0.05, 0) is 42.4 Å². The van der Waals surface area contributed by atoms with E-state index in [4.69, 9.17) is 4.74 Å². The molecule has 0 atom stereocenters. The molecule has 0 aliphatic heterocycles. The van der Waals surface area contributed by atoms with Crippen molar-refractivity contribution in [3.05, 3.63) is 28.2 Å². The summed E-state index contributed by atoms with van der Waals surface area (Å²) in [5.74, 6) is 0.613. The van der Waals surface area contributed by atoms with E-state index in [0.29, 0.717) is 0 Å². The zero-order chi connectivity index (χ0) is 14.3. The van der Waals surface area contributed by atoms with Crippen molar-refractivity contribution in [1.29, 1.82) is 0 Å². The first-order valence-electron chi connectivity index (χ1n) is 6.44. The van der Waals surface area contributed by atoms with Crippen molar-refractivity contribution in [3.63, 3.8) is 0 Å². The van der Waals surface area contributed by atoms with E-state index in [-0.39, 0.29) is 18.6 Å². The minimum absolute atomic E-state index is 0.0277. The van der Waals surface area contributed by atoms with E-state index in [1.807, 2.05) is 32.0 Å². The molecule has 0 aliphatic carbocycles. The fourth-order valence-electron chi connectivity index (χ4n) is 1.62. The number of carbonyl (C=O) groups excluding carboxylic acids is 1. The van der Waals surface area contributed by atoms with Gasteiger partial charge in [0.1, 0.15) is 5.75 Å². The summed E-state index contributed by atoms with van der Waals surface area (Å²) < 4.78 is 6.49. The number of amides is 1. The lowest BCUT2D eigenvalue weighted by atomic mass is 10.2. The van der Waals surface area contributed by atoms with E-state index in [2.05, 4.69) is 33.5 Å². The van der Waals surface area contributed by atoms with Crippen LogP contribution in [0.3, 0.4) is 0 Å². The molecule has 0 fully saturated rings. The van der Waals surface area contributed by atoms with Crippen molar-refractivity contribution < 1.29 is 9.53 Å². The van der Waals surface area contributed by atoms with E-state index in [1.165, 1.54) is 0 Å². The standard InChI is InChI=1S/C14H21BrN2O2/c1-4-16-8-11-6-5-7-12(15)14(11)19-9-13(18)17-10(2)3/h5-7,10,16H,4,8-9H2,1-3H3,(H,17,18). The van der Waals surface area contributed by atoms with Crippen LogP contribution in [-0.4, -0.2) is 25.1 Å². The minimum Gasteiger partial charge on any atom is -0.482 e. The average Bonchev–Trinajstić information content (AvgIpc) is 2.34. The predicted molar refractivity (Wildman–Crippen MR) is 80.3 cm³/mol. The van der Waals surface area contributed by atoms with Crippen LogP contribution in [0.25, 0.3) is 0 Å². The Hall–Kier alpha value is -1.07. The Bertz CT molecular complexity index is 422. The molecule has 1 aromatic rings. The minimum atomic E-state index is -0.111. The van der Waals surface area contributed by atoms with Gasteiger partial charge in [0, 0.05) is 18.2 Å². The molecule has 0 aliphatic rings. The molecule has 19 heavy (non-hydrogen) atoms. The van der Waals surface area contributed by atoms with Crippen LogP contribution in [0.1, 0.15) is 26.3 Å². The Labute approximate surface area is 123 Å². The van der Waals surface area contributed by atoms with E-state index < -0.39 is 0 Å². The fourth-order valence-corrected chi connectivity index (χ4v) is 2.14. The summed E-state index contributed by atoms with van der Waals surface area (Å²) in [6, 6.07) is 5.98. The molecule has 4 nitrogen and oxygen atoms in total. The van der Waals surface area contributed by atoms with Crippen LogP contribution in [0.5, 0.6) is 5.75 Å².